The van der Waals surface area contributed by atoms with Crippen molar-refractivity contribution in [1.82, 2.24) is 5.32 Å². The van der Waals surface area contributed by atoms with Gasteiger partial charge in [-0.2, -0.15) is 0 Å². The van der Waals surface area contributed by atoms with Crippen LogP contribution >= 0.6 is 0 Å². The van der Waals surface area contributed by atoms with Crippen molar-refractivity contribution in [1.29, 1.82) is 0 Å². The van der Waals surface area contributed by atoms with E-state index in [2.05, 4.69) is 36.5 Å². The smallest absolute Gasteiger partial charge is 0.0587 e. The molecule has 0 heterocycles. The molecule has 0 aromatic heterocycles. The number of nitrogens with two attached hydrogens (primary N) is 1. The van der Waals surface area contributed by atoms with E-state index in [0.29, 0.717) is 18.5 Å². The molecule has 2 unspecified atom stereocenters. The summed E-state index contributed by atoms with van der Waals surface area (Å²) < 4.78 is 5.02. The Morgan fingerprint density at radius 2 is 2.00 bits per heavy atom. The summed E-state index contributed by atoms with van der Waals surface area (Å²) in [6.45, 7) is 4.51. The summed E-state index contributed by atoms with van der Waals surface area (Å²) in [5, 5.41) is 3.42. The van der Waals surface area contributed by atoms with Gasteiger partial charge in [-0.05, 0) is 17.9 Å². The van der Waals surface area contributed by atoms with Crippen LogP contribution in [0.25, 0.3) is 0 Å². The van der Waals surface area contributed by atoms with Crippen LogP contribution in [0.3, 0.4) is 0 Å². The molecule has 0 aliphatic rings. The van der Waals surface area contributed by atoms with Crippen molar-refractivity contribution in [3.05, 3.63) is 35.9 Å². The zero-order valence-corrected chi connectivity index (χ0v) is 10.9. The minimum Gasteiger partial charge on any atom is -0.383 e. The van der Waals surface area contributed by atoms with E-state index in [-0.39, 0.29) is 0 Å². The normalized spacial score (nSPS) is 14.5. The molecular weight excluding hydrogens is 212 g/mol. The van der Waals surface area contributed by atoms with E-state index in [1.807, 2.05) is 6.07 Å². The average Bonchev–Trinajstić information content (AvgIpc) is 2.38. The van der Waals surface area contributed by atoms with Crippen LogP contribution in [0.4, 0.5) is 0 Å². The molecule has 3 N–H and O–H groups in total. The first kappa shape index (κ1) is 14.2. The van der Waals surface area contributed by atoms with Crippen LogP contribution in [0, 0.1) is 0 Å². The van der Waals surface area contributed by atoms with Crippen LogP contribution in [-0.4, -0.2) is 32.8 Å². The van der Waals surface area contributed by atoms with Gasteiger partial charge in [0.25, 0.3) is 0 Å². The van der Waals surface area contributed by atoms with Crippen LogP contribution in [0.2, 0.25) is 0 Å². The molecule has 1 aromatic rings. The molecule has 0 saturated carbocycles. The van der Waals surface area contributed by atoms with Gasteiger partial charge in [-0.25, -0.2) is 0 Å². The number of hydrogen-bond acceptors (Lipinski definition) is 3. The lowest BCUT2D eigenvalue weighted by Gasteiger charge is -2.21. The Bertz CT molecular complexity index is 290. The van der Waals surface area contributed by atoms with Crippen LogP contribution in [-0.2, 0) is 4.74 Å². The summed E-state index contributed by atoms with van der Waals surface area (Å²) in [5.74, 6) is 0.528. The van der Waals surface area contributed by atoms with Crippen LogP contribution < -0.4 is 11.1 Å². The molecule has 0 fully saturated rings. The molecule has 17 heavy (non-hydrogen) atoms. The second-order valence-corrected chi connectivity index (χ2v) is 4.43. The molecule has 0 saturated heterocycles. The van der Waals surface area contributed by atoms with Gasteiger partial charge < -0.3 is 15.8 Å². The lowest BCUT2D eigenvalue weighted by atomic mass is 9.94. The number of rotatable bonds is 8. The highest BCUT2D eigenvalue weighted by Crippen LogP contribution is 2.19. The van der Waals surface area contributed by atoms with E-state index in [0.717, 1.165) is 19.6 Å². The predicted molar refractivity (Wildman–Crippen MR) is 72.2 cm³/mol. The Kier molecular flexibility index (Phi) is 6.86. The van der Waals surface area contributed by atoms with E-state index in [4.69, 9.17) is 10.5 Å². The minimum atomic E-state index is 0.361. The van der Waals surface area contributed by atoms with Gasteiger partial charge in [0.2, 0.25) is 0 Å². The first-order valence-electron chi connectivity index (χ1n) is 6.25. The fourth-order valence-electron chi connectivity index (χ4n) is 1.97. The Morgan fingerprint density at radius 1 is 1.29 bits per heavy atom. The van der Waals surface area contributed by atoms with Crippen molar-refractivity contribution in [2.24, 2.45) is 5.73 Å². The largest absolute Gasteiger partial charge is 0.383 e. The number of methoxy groups -OCH3 is 1. The third-order valence-corrected chi connectivity index (χ3v) is 3.03. The second-order valence-electron chi connectivity index (χ2n) is 4.43. The third-order valence-electron chi connectivity index (χ3n) is 3.03. The fraction of sp³-hybridized carbons (Fsp3) is 0.571. The van der Waals surface area contributed by atoms with E-state index in [9.17, 15) is 0 Å². The highest BCUT2D eigenvalue weighted by molar-refractivity contribution is 5.18. The Hall–Kier alpha value is -0.900. The van der Waals surface area contributed by atoms with Crippen molar-refractivity contribution >= 4 is 0 Å². The quantitative estimate of drug-likeness (QED) is 0.676. The van der Waals surface area contributed by atoms with Gasteiger partial charge in [0.05, 0.1) is 6.61 Å². The zero-order chi connectivity index (χ0) is 12.5. The topological polar surface area (TPSA) is 47.3 Å². The molecule has 0 amide bonds. The van der Waals surface area contributed by atoms with Gasteiger partial charge in [0.15, 0.2) is 0 Å². The van der Waals surface area contributed by atoms with E-state index in [1.54, 1.807) is 7.11 Å². The molecular formula is C14H24N2O. The standard InChI is InChI=1S/C14H24N2O/c1-12(13-6-4-3-5-7-13)10-14(11-15)16-8-9-17-2/h3-7,12,14,16H,8-11,15H2,1-2H3. The predicted octanol–water partition coefficient (Wildman–Crippen LogP) is 1.74. The summed E-state index contributed by atoms with van der Waals surface area (Å²) >= 11 is 0. The highest BCUT2D eigenvalue weighted by Gasteiger charge is 2.12. The highest BCUT2D eigenvalue weighted by atomic mass is 16.5. The molecule has 96 valence electrons. The zero-order valence-electron chi connectivity index (χ0n) is 10.9. The van der Waals surface area contributed by atoms with Gasteiger partial charge >= 0.3 is 0 Å². The molecule has 1 aromatic carbocycles. The van der Waals surface area contributed by atoms with E-state index >= 15 is 0 Å². The molecule has 0 bridgehead atoms. The van der Waals surface area contributed by atoms with Crippen molar-refractivity contribution < 1.29 is 4.74 Å². The Morgan fingerprint density at radius 3 is 2.59 bits per heavy atom. The first-order chi connectivity index (χ1) is 8.27. The monoisotopic (exact) mass is 236 g/mol. The van der Waals surface area contributed by atoms with Crippen LogP contribution in [0.5, 0.6) is 0 Å². The maximum Gasteiger partial charge on any atom is 0.0587 e. The minimum absolute atomic E-state index is 0.361. The van der Waals surface area contributed by atoms with Crippen molar-refractivity contribution in [3.8, 4) is 0 Å². The lowest BCUT2D eigenvalue weighted by Crippen LogP contribution is -2.38. The molecule has 1 rings (SSSR count). The molecule has 0 spiro atoms. The summed E-state index contributed by atoms with van der Waals surface area (Å²) in [7, 11) is 1.71. The first-order valence-corrected chi connectivity index (χ1v) is 6.25. The van der Waals surface area contributed by atoms with Gasteiger partial charge in [-0.15, -0.1) is 0 Å². The lowest BCUT2D eigenvalue weighted by molar-refractivity contribution is 0.195. The van der Waals surface area contributed by atoms with Crippen LogP contribution in [0.1, 0.15) is 24.8 Å². The van der Waals surface area contributed by atoms with Crippen molar-refractivity contribution in [2.45, 2.75) is 25.3 Å². The molecule has 0 aliphatic carbocycles. The summed E-state index contributed by atoms with van der Waals surface area (Å²) in [6, 6.07) is 10.9. The summed E-state index contributed by atoms with van der Waals surface area (Å²) in [4.78, 5) is 0. The van der Waals surface area contributed by atoms with Crippen LogP contribution in [0.15, 0.2) is 30.3 Å². The Balaban J connectivity index is 2.39. The SMILES string of the molecule is COCCNC(CN)CC(C)c1ccccc1. The molecule has 3 heteroatoms. The summed E-state index contributed by atoms with van der Waals surface area (Å²) in [5.41, 5.74) is 7.15. The van der Waals surface area contributed by atoms with Crippen molar-refractivity contribution in [3.63, 3.8) is 0 Å². The average molecular weight is 236 g/mol. The van der Waals surface area contributed by atoms with E-state index in [1.165, 1.54) is 5.56 Å². The number of benzene rings is 1. The van der Waals surface area contributed by atoms with E-state index < -0.39 is 0 Å². The molecule has 2 atom stereocenters. The maximum atomic E-state index is 5.78. The van der Waals surface area contributed by atoms with Gasteiger partial charge in [0.1, 0.15) is 0 Å². The van der Waals surface area contributed by atoms with Gasteiger partial charge in [0, 0.05) is 26.2 Å². The molecule has 3 nitrogen and oxygen atoms in total. The number of ether oxygens (including phenoxy) is 1. The van der Waals surface area contributed by atoms with Gasteiger partial charge in [-0.1, -0.05) is 37.3 Å². The number of nitrogens with one attached hydrogen (secondary N) is 1. The number of hydrogen-bond donors (Lipinski definition) is 2. The Labute approximate surface area is 104 Å². The second kappa shape index (κ2) is 8.23. The van der Waals surface area contributed by atoms with Crippen molar-refractivity contribution in [2.75, 3.05) is 26.8 Å². The molecule has 0 radical (unpaired) electrons. The fourth-order valence-corrected chi connectivity index (χ4v) is 1.97. The summed E-state index contributed by atoms with van der Waals surface area (Å²) in [6.07, 6.45) is 1.06. The third kappa shape index (κ3) is 5.31. The molecule has 0 aliphatic heterocycles. The van der Waals surface area contributed by atoms with Gasteiger partial charge in [-0.3, -0.25) is 0 Å². The maximum absolute atomic E-state index is 5.78.